The van der Waals surface area contributed by atoms with Gasteiger partial charge in [-0.1, -0.05) is 5.92 Å². The topological polar surface area (TPSA) is 47.6 Å². The molecule has 0 aliphatic heterocycles. The molecule has 4 nitrogen and oxygen atoms in total. The van der Waals surface area contributed by atoms with Crippen LogP contribution in [0, 0.1) is 12.3 Å². The summed E-state index contributed by atoms with van der Waals surface area (Å²) in [6.07, 6.45) is 5.03. The van der Waals surface area contributed by atoms with E-state index >= 15 is 0 Å². The fourth-order valence-corrected chi connectivity index (χ4v) is 2.04. The van der Waals surface area contributed by atoms with Gasteiger partial charge in [-0.3, -0.25) is 4.79 Å². The van der Waals surface area contributed by atoms with Crippen LogP contribution in [0.1, 0.15) is 0 Å². The van der Waals surface area contributed by atoms with Crippen LogP contribution < -0.4 is 14.8 Å². The Morgan fingerprint density at radius 2 is 2.00 bits per heavy atom. The van der Waals surface area contributed by atoms with Gasteiger partial charge < -0.3 is 14.8 Å². The van der Waals surface area contributed by atoms with Crippen LogP contribution >= 0.6 is 31.9 Å². The number of carbonyl (C=O) groups is 1. The number of halogens is 2. The van der Waals surface area contributed by atoms with Crippen LogP contribution in [0.4, 0.5) is 0 Å². The molecule has 96 valence electrons. The third-order valence-electron chi connectivity index (χ3n) is 1.95. The molecule has 0 saturated heterocycles. The number of methoxy groups -OCH3 is 1. The number of amides is 1. The van der Waals surface area contributed by atoms with Crippen molar-refractivity contribution in [2.45, 2.75) is 0 Å². The average Bonchev–Trinajstić information content (AvgIpc) is 2.36. The van der Waals surface area contributed by atoms with Gasteiger partial charge in [0.2, 0.25) is 0 Å². The van der Waals surface area contributed by atoms with Gasteiger partial charge in [-0.05, 0) is 44.0 Å². The highest BCUT2D eigenvalue weighted by Crippen LogP contribution is 2.35. The Balaban J connectivity index is 2.66. The average molecular weight is 377 g/mol. The van der Waals surface area contributed by atoms with E-state index in [4.69, 9.17) is 15.9 Å². The maximum Gasteiger partial charge on any atom is 0.258 e. The lowest BCUT2D eigenvalue weighted by Gasteiger charge is -2.10. The standard InChI is InChI=1S/C12H11Br2NO3/c1-3-4-15-12(16)7-18-11-6-8(13)10(17-2)5-9(11)14/h1,5-6H,4,7H2,2H3,(H,15,16). The molecule has 0 atom stereocenters. The van der Waals surface area contributed by atoms with Crippen LogP contribution in [-0.2, 0) is 4.79 Å². The van der Waals surface area contributed by atoms with Crippen molar-refractivity contribution in [3.8, 4) is 23.8 Å². The Labute approximate surface area is 122 Å². The summed E-state index contributed by atoms with van der Waals surface area (Å²) < 4.78 is 11.9. The lowest BCUT2D eigenvalue weighted by atomic mass is 10.3. The molecule has 0 spiro atoms. The highest BCUT2D eigenvalue weighted by Gasteiger charge is 2.09. The summed E-state index contributed by atoms with van der Waals surface area (Å²) in [4.78, 5) is 11.3. The Kier molecular flexibility index (Phi) is 6.02. The normalized spacial score (nSPS) is 9.44. The molecule has 0 aromatic heterocycles. The minimum Gasteiger partial charge on any atom is -0.496 e. The Bertz CT molecular complexity index is 483. The zero-order valence-corrected chi connectivity index (χ0v) is 12.8. The molecule has 1 aromatic carbocycles. The zero-order chi connectivity index (χ0) is 13.5. The molecule has 6 heteroatoms. The van der Waals surface area contributed by atoms with Crippen LogP contribution in [0.3, 0.4) is 0 Å². The molecule has 0 bridgehead atoms. The summed E-state index contributed by atoms with van der Waals surface area (Å²) >= 11 is 6.67. The fraction of sp³-hybridized carbons (Fsp3) is 0.250. The van der Waals surface area contributed by atoms with Crippen molar-refractivity contribution in [2.75, 3.05) is 20.3 Å². The van der Waals surface area contributed by atoms with Gasteiger partial charge in [-0.2, -0.15) is 0 Å². The second-order valence-corrected chi connectivity index (χ2v) is 4.90. The quantitative estimate of drug-likeness (QED) is 0.802. The Morgan fingerprint density at radius 3 is 2.61 bits per heavy atom. The molecule has 0 aliphatic carbocycles. The first kappa shape index (κ1) is 14.9. The number of nitrogens with one attached hydrogen (secondary N) is 1. The summed E-state index contributed by atoms with van der Waals surface area (Å²) in [5.74, 6) is 3.25. The van der Waals surface area contributed by atoms with Crippen molar-refractivity contribution in [1.82, 2.24) is 5.32 Å². The summed E-state index contributed by atoms with van der Waals surface area (Å²) in [5.41, 5.74) is 0. The van der Waals surface area contributed by atoms with Gasteiger partial charge in [0.05, 0.1) is 22.6 Å². The van der Waals surface area contributed by atoms with Gasteiger partial charge in [-0.25, -0.2) is 0 Å². The van der Waals surface area contributed by atoms with Crippen molar-refractivity contribution in [2.24, 2.45) is 0 Å². The minimum absolute atomic E-state index is 0.0982. The van der Waals surface area contributed by atoms with Gasteiger partial charge in [0.1, 0.15) is 11.5 Å². The SMILES string of the molecule is C#CCNC(=O)COc1cc(Br)c(OC)cc1Br. The van der Waals surface area contributed by atoms with Crippen molar-refractivity contribution < 1.29 is 14.3 Å². The monoisotopic (exact) mass is 375 g/mol. The number of terminal acetylenes is 1. The summed E-state index contributed by atoms with van der Waals surface area (Å²) in [7, 11) is 1.57. The molecule has 0 saturated carbocycles. The second-order valence-electron chi connectivity index (χ2n) is 3.19. The number of benzene rings is 1. The first-order chi connectivity index (χ1) is 8.58. The number of ether oxygens (including phenoxy) is 2. The van der Waals surface area contributed by atoms with Gasteiger partial charge >= 0.3 is 0 Å². The van der Waals surface area contributed by atoms with Gasteiger partial charge in [-0.15, -0.1) is 6.42 Å². The third kappa shape index (κ3) is 4.24. The largest absolute Gasteiger partial charge is 0.496 e. The predicted molar refractivity (Wildman–Crippen MR) is 75.7 cm³/mol. The molecular weight excluding hydrogens is 366 g/mol. The van der Waals surface area contributed by atoms with Crippen LogP contribution in [0.2, 0.25) is 0 Å². The van der Waals surface area contributed by atoms with Crippen molar-refractivity contribution >= 4 is 37.8 Å². The van der Waals surface area contributed by atoms with Crippen molar-refractivity contribution in [3.63, 3.8) is 0 Å². The van der Waals surface area contributed by atoms with E-state index in [1.165, 1.54) is 0 Å². The molecule has 1 amide bonds. The molecule has 0 unspecified atom stereocenters. The van der Waals surface area contributed by atoms with E-state index in [2.05, 4.69) is 43.1 Å². The van der Waals surface area contributed by atoms with Crippen LogP contribution in [0.15, 0.2) is 21.1 Å². The lowest BCUT2D eigenvalue weighted by Crippen LogP contribution is -2.29. The fourth-order valence-electron chi connectivity index (χ4n) is 1.12. The number of hydrogen-bond acceptors (Lipinski definition) is 3. The van der Waals surface area contributed by atoms with Crippen molar-refractivity contribution in [1.29, 1.82) is 0 Å². The smallest absolute Gasteiger partial charge is 0.258 e. The molecule has 0 radical (unpaired) electrons. The number of hydrogen-bond donors (Lipinski definition) is 1. The molecule has 1 rings (SSSR count). The lowest BCUT2D eigenvalue weighted by molar-refractivity contribution is -0.122. The molecule has 0 aliphatic rings. The summed E-state index contributed by atoms with van der Waals surface area (Å²) in [6, 6.07) is 3.47. The molecule has 0 fully saturated rings. The highest BCUT2D eigenvalue weighted by molar-refractivity contribution is 9.11. The molecule has 18 heavy (non-hydrogen) atoms. The van der Waals surface area contributed by atoms with Crippen LogP contribution in [0.25, 0.3) is 0 Å². The van der Waals surface area contributed by atoms with E-state index in [0.29, 0.717) is 16.0 Å². The van der Waals surface area contributed by atoms with E-state index in [9.17, 15) is 4.79 Å². The molecular formula is C12H11Br2NO3. The molecule has 1 aromatic rings. The first-order valence-electron chi connectivity index (χ1n) is 4.94. The third-order valence-corrected chi connectivity index (χ3v) is 3.19. The maximum atomic E-state index is 11.3. The molecule has 1 N–H and O–H groups in total. The number of carbonyl (C=O) groups excluding carboxylic acids is 1. The van der Waals surface area contributed by atoms with Crippen LogP contribution in [-0.4, -0.2) is 26.2 Å². The van der Waals surface area contributed by atoms with Crippen LogP contribution in [0.5, 0.6) is 11.5 Å². The van der Waals surface area contributed by atoms with E-state index in [1.54, 1.807) is 19.2 Å². The molecule has 0 heterocycles. The van der Waals surface area contributed by atoms with Gasteiger partial charge in [0.15, 0.2) is 6.61 Å². The van der Waals surface area contributed by atoms with E-state index in [1.807, 2.05) is 0 Å². The summed E-state index contributed by atoms with van der Waals surface area (Å²) in [6.45, 7) is 0.0920. The van der Waals surface area contributed by atoms with Crippen molar-refractivity contribution in [3.05, 3.63) is 21.1 Å². The van der Waals surface area contributed by atoms with E-state index in [0.717, 1.165) is 4.47 Å². The number of rotatable bonds is 5. The van der Waals surface area contributed by atoms with Gasteiger partial charge in [0, 0.05) is 0 Å². The highest BCUT2D eigenvalue weighted by atomic mass is 79.9. The predicted octanol–water partition coefficient (Wildman–Crippen LogP) is 2.35. The van der Waals surface area contributed by atoms with E-state index in [-0.39, 0.29) is 19.1 Å². The zero-order valence-electron chi connectivity index (χ0n) is 9.63. The van der Waals surface area contributed by atoms with E-state index < -0.39 is 0 Å². The first-order valence-corrected chi connectivity index (χ1v) is 6.53. The Hall–Kier alpha value is -1.19. The minimum atomic E-state index is -0.271. The van der Waals surface area contributed by atoms with Gasteiger partial charge in [0.25, 0.3) is 5.91 Å². The Morgan fingerprint density at radius 1 is 1.39 bits per heavy atom. The maximum absolute atomic E-state index is 11.3. The summed E-state index contributed by atoms with van der Waals surface area (Å²) in [5, 5.41) is 2.51. The second kappa shape index (κ2) is 7.29.